The van der Waals surface area contributed by atoms with Crippen molar-refractivity contribution in [3.63, 3.8) is 0 Å². The third-order valence-electron chi connectivity index (χ3n) is 3.26. The Hall–Kier alpha value is -1.30. The third-order valence-corrected chi connectivity index (χ3v) is 5.10. The molecule has 0 saturated heterocycles. The Balaban J connectivity index is 3.05. The summed E-state index contributed by atoms with van der Waals surface area (Å²) in [6.07, 6.45) is -1.59. The zero-order valence-corrected chi connectivity index (χ0v) is 13.6. The maximum atomic E-state index is 13.1. The Morgan fingerprint density at radius 2 is 1.68 bits per heavy atom. The molecule has 0 aliphatic carbocycles. The second-order valence-electron chi connectivity index (χ2n) is 5.30. The van der Waals surface area contributed by atoms with Crippen LogP contribution in [0.4, 0.5) is 13.2 Å². The van der Waals surface area contributed by atoms with Crippen LogP contribution in [0.1, 0.15) is 43.7 Å². The highest BCUT2D eigenvalue weighted by Crippen LogP contribution is 2.32. The molecule has 2 nitrogen and oxygen atoms in total. The van der Waals surface area contributed by atoms with Crippen LogP contribution in [0.5, 0.6) is 0 Å². The van der Waals surface area contributed by atoms with Gasteiger partial charge >= 0.3 is 6.18 Å². The number of hydrogen-bond acceptors (Lipinski definition) is 2. The number of hydrogen-bond donors (Lipinski definition) is 0. The fraction of sp³-hybridized carbons (Fsp3) is 0.500. The SMILES string of the molecule is CCCCCCS(=O)(=O)/C(=C/c1ccc(C)cc1)C(F)(F)F. The van der Waals surface area contributed by atoms with Crippen LogP contribution in [0.25, 0.3) is 6.08 Å². The van der Waals surface area contributed by atoms with E-state index in [1.165, 1.54) is 12.1 Å². The molecule has 0 saturated carbocycles. The van der Waals surface area contributed by atoms with Crippen LogP contribution in [0, 0.1) is 6.92 Å². The molecule has 0 bridgehead atoms. The van der Waals surface area contributed by atoms with Gasteiger partial charge in [-0.2, -0.15) is 13.2 Å². The van der Waals surface area contributed by atoms with Gasteiger partial charge in [-0.25, -0.2) is 8.42 Å². The molecular weight excluding hydrogens is 313 g/mol. The second-order valence-corrected chi connectivity index (χ2v) is 7.37. The lowest BCUT2D eigenvalue weighted by atomic mass is 10.1. The minimum Gasteiger partial charge on any atom is -0.224 e. The molecule has 0 radical (unpaired) electrons. The largest absolute Gasteiger partial charge is 0.427 e. The minimum absolute atomic E-state index is 0.232. The van der Waals surface area contributed by atoms with Gasteiger partial charge in [0.1, 0.15) is 4.91 Å². The number of sulfone groups is 1. The third kappa shape index (κ3) is 5.83. The van der Waals surface area contributed by atoms with Crippen molar-refractivity contribution in [2.45, 2.75) is 45.7 Å². The van der Waals surface area contributed by atoms with Crippen LogP contribution in [0.15, 0.2) is 29.2 Å². The van der Waals surface area contributed by atoms with E-state index in [1.807, 2.05) is 13.8 Å². The van der Waals surface area contributed by atoms with Crippen molar-refractivity contribution in [1.29, 1.82) is 0 Å². The van der Waals surface area contributed by atoms with Gasteiger partial charge < -0.3 is 0 Å². The van der Waals surface area contributed by atoms with Gasteiger partial charge in [0.25, 0.3) is 0 Å². The molecular formula is C16H21F3O2S. The molecule has 0 unspecified atom stereocenters. The maximum absolute atomic E-state index is 13.1. The van der Waals surface area contributed by atoms with E-state index in [1.54, 1.807) is 12.1 Å². The van der Waals surface area contributed by atoms with Crippen molar-refractivity contribution in [2.75, 3.05) is 5.75 Å². The maximum Gasteiger partial charge on any atom is 0.427 e. The van der Waals surface area contributed by atoms with E-state index in [0.717, 1.165) is 18.4 Å². The number of allylic oxidation sites excluding steroid dienone is 1. The van der Waals surface area contributed by atoms with Gasteiger partial charge in [0.2, 0.25) is 0 Å². The van der Waals surface area contributed by atoms with E-state index >= 15 is 0 Å². The number of benzene rings is 1. The summed E-state index contributed by atoms with van der Waals surface area (Å²) in [5, 5.41) is 0. The van der Waals surface area contributed by atoms with Gasteiger partial charge in [-0.05, 0) is 25.0 Å². The summed E-state index contributed by atoms with van der Waals surface area (Å²) in [5.74, 6) is -0.468. The fourth-order valence-electron chi connectivity index (χ4n) is 1.99. The number of unbranched alkanes of at least 4 members (excludes halogenated alkanes) is 3. The van der Waals surface area contributed by atoms with Gasteiger partial charge in [0.05, 0.1) is 5.75 Å². The Morgan fingerprint density at radius 3 is 2.18 bits per heavy atom. The van der Waals surface area contributed by atoms with Crippen molar-refractivity contribution in [1.82, 2.24) is 0 Å². The van der Waals surface area contributed by atoms with E-state index in [-0.39, 0.29) is 12.0 Å². The summed E-state index contributed by atoms with van der Waals surface area (Å²) < 4.78 is 63.4. The monoisotopic (exact) mass is 334 g/mol. The Bertz CT molecular complexity index is 599. The average molecular weight is 334 g/mol. The normalized spacial score (nSPS) is 13.4. The number of halogens is 3. The van der Waals surface area contributed by atoms with Crippen LogP contribution < -0.4 is 0 Å². The Labute approximate surface area is 130 Å². The molecule has 124 valence electrons. The van der Waals surface area contributed by atoms with E-state index < -0.39 is 26.7 Å². The summed E-state index contributed by atoms with van der Waals surface area (Å²) in [5.41, 5.74) is 1.13. The molecule has 0 spiro atoms. The summed E-state index contributed by atoms with van der Waals surface area (Å²) in [7, 11) is -4.33. The highest BCUT2D eigenvalue weighted by atomic mass is 32.2. The molecule has 0 amide bonds. The molecule has 0 atom stereocenters. The lowest BCUT2D eigenvalue weighted by Crippen LogP contribution is -2.22. The van der Waals surface area contributed by atoms with E-state index in [9.17, 15) is 21.6 Å². The Morgan fingerprint density at radius 1 is 1.09 bits per heavy atom. The molecule has 0 aromatic heterocycles. The lowest BCUT2D eigenvalue weighted by molar-refractivity contribution is -0.0836. The Kier molecular flexibility index (Phi) is 6.66. The highest BCUT2D eigenvalue weighted by Gasteiger charge is 2.41. The van der Waals surface area contributed by atoms with Crippen LogP contribution in [-0.2, 0) is 9.84 Å². The smallest absolute Gasteiger partial charge is 0.224 e. The predicted molar refractivity (Wildman–Crippen MR) is 83.1 cm³/mol. The van der Waals surface area contributed by atoms with E-state index in [2.05, 4.69) is 0 Å². The van der Waals surface area contributed by atoms with E-state index in [0.29, 0.717) is 12.5 Å². The first-order chi connectivity index (χ1) is 10.2. The average Bonchev–Trinajstić information content (AvgIpc) is 2.41. The fourth-order valence-corrected chi connectivity index (χ4v) is 3.46. The van der Waals surface area contributed by atoms with Gasteiger partial charge in [0, 0.05) is 0 Å². The minimum atomic E-state index is -4.88. The van der Waals surface area contributed by atoms with Crippen molar-refractivity contribution >= 4 is 15.9 Å². The quantitative estimate of drug-likeness (QED) is 0.665. The van der Waals surface area contributed by atoms with Gasteiger partial charge in [0.15, 0.2) is 9.84 Å². The molecule has 6 heteroatoms. The molecule has 0 N–H and O–H groups in total. The summed E-state index contributed by atoms with van der Waals surface area (Å²) >= 11 is 0. The van der Waals surface area contributed by atoms with Gasteiger partial charge in [-0.3, -0.25) is 0 Å². The van der Waals surface area contributed by atoms with Gasteiger partial charge in [-0.15, -0.1) is 0 Å². The molecule has 0 aliphatic heterocycles. The molecule has 1 aromatic carbocycles. The summed E-state index contributed by atoms with van der Waals surface area (Å²) in [6.45, 7) is 3.76. The number of aryl methyl sites for hydroxylation is 1. The van der Waals surface area contributed by atoms with Crippen LogP contribution >= 0.6 is 0 Å². The number of alkyl halides is 3. The molecule has 1 aromatic rings. The van der Waals surface area contributed by atoms with Crippen molar-refractivity contribution in [3.05, 3.63) is 40.3 Å². The van der Waals surface area contributed by atoms with Crippen molar-refractivity contribution in [3.8, 4) is 0 Å². The predicted octanol–water partition coefficient (Wildman–Crippen LogP) is 4.89. The lowest BCUT2D eigenvalue weighted by Gasteiger charge is -2.13. The first-order valence-corrected chi connectivity index (χ1v) is 8.90. The topological polar surface area (TPSA) is 34.1 Å². The van der Waals surface area contributed by atoms with E-state index in [4.69, 9.17) is 0 Å². The van der Waals surface area contributed by atoms with Crippen LogP contribution in [-0.4, -0.2) is 20.3 Å². The highest BCUT2D eigenvalue weighted by molar-refractivity contribution is 7.95. The first kappa shape index (κ1) is 18.7. The zero-order valence-electron chi connectivity index (χ0n) is 12.8. The standard InChI is InChI=1S/C16H21F3O2S/c1-3-4-5-6-11-22(20,21)15(16(17,18)19)12-14-9-7-13(2)8-10-14/h7-10,12H,3-6,11H2,1-2H3/b15-12+. The summed E-state index contributed by atoms with van der Waals surface area (Å²) in [6, 6.07) is 6.25. The number of rotatable bonds is 7. The van der Waals surface area contributed by atoms with Gasteiger partial charge in [-0.1, -0.05) is 56.0 Å². The molecule has 0 aliphatic rings. The first-order valence-electron chi connectivity index (χ1n) is 7.25. The van der Waals surface area contributed by atoms with Crippen molar-refractivity contribution in [2.24, 2.45) is 0 Å². The summed E-state index contributed by atoms with van der Waals surface area (Å²) in [4.78, 5) is -1.46. The van der Waals surface area contributed by atoms with Crippen LogP contribution in [0.2, 0.25) is 0 Å². The molecule has 0 heterocycles. The molecule has 22 heavy (non-hydrogen) atoms. The molecule has 0 fully saturated rings. The zero-order chi connectivity index (χ0) is 16.8. The van der Waals surface area contributed by atoms with Crippen LogP contribution in [0.3, 0.4) is 0 Å². The van der Waals surface area contributed by atoms with Crippen molar-refractivity contribution < 1.29 is 21.6 Å². The molecule has 1 rings (SSSR count). The second kappa shape index (κ2) is 7.81.